The third-order valence-corrected chi connectivity index (χ3v) is 3.42. The Labute approximate surface area is 84.1 Å². The molecule has 0 aromatic rings. The molecule has 3 unspecified atom stereocenters. The van der Waals surface area contributed by atoms with Crippen LogP contribution in [0.5, 0.6) is 0 Å². The number of carboxylic acid groups (broad SMARTS) is 1. The maximum absolute atomic E-state index is 10.8. The molecule has 4 heteroatoms. The van der Waals surface area contributed by atoms with Crippen molar-refractivity contribution in [3.63, 3.8) is 0 Å². The molecule has 1 saturated heterocycles. The first-order chi connectivity index (χ1) is 6.49. The summed E-state index contributed by atoms with van der Waals surface area (Å²) in [7, 11) is 0. The zero-order valence-electron chi connectivity index (χ0n) is 8.57. The molecule has 80 valence electrons. The normalized spacial score (nSPS) is 35.9. The van der Waals surface area contributed by atoms with Crippen molar-refractivity contribution in [2.45, 2.75) is 25.3 Å². The van der Waals surface area contributed by atoms with Crippen molar-refractivity contribution in [1.29, 1.82) is 0 Å². The van der Waals surface area contributed by atoms with E-state index < -0.39 is 11.5 Å². The van der Waals surface area contributed by atoms with E-state index in [4.69, 9.17) is 10.8 Å². The van der Waals surface area contributed by atoms with Crippen molar-refractivity contribution < 1.29 is 9.90 Å². The largest absolute Gasteiger partial charge is 0.480 e. The Morgan fingerprint density at radius 2 is 2.36 bits per heavy atom. The minimum Gasteiger partial charge on any atom is -0.480 e. The molecule has 3 N–H and O–H groups in total. The third kappa shape index (κ3) is 1.91. The number of likely N-dealkylation sites (tertiary alicyclic amines) is 1. The second kappa shape index (κ2) is 3.21. The van der Waals surface area contributed by atoms with Gasteiger partial charge in [-0.2, -0.15) is 0 Å². The Hall–Kier alpha value is -0.610. The molecule has 0 aromatic carbocycles. The van der Waals surface area contributed by atoms with Crippen LogP contribution in [0.25, 0.3) is 0 Å². The minimum atomic E-state index is -1.10. The Kier molecular flexibility index (Phi) is 2.27. The molecule has 14 heavy (non-hydrogen) atoms. The van der Waals surface area contributed by atoms with Gasteiger partial charge in [0.05, 0.1) is 0 Å². The van der Waals surface area contributed by atoms with Gasteiger partial charge >= 0.3 is 5.97 Å². The zero-order valence-corrected chi connectivity index (χ0v) is 8.57. The van der Waals surface area contributed by atoms with Crippen LogP contribution in [0.15, 0.2) is 0 Å². The van der Waals surface area contributed by atoms with Crippen LogP contribution < -0.4 is 5.73 Å². The lowest BCUT2D eigenvalue weighted by molar-refractivity contribution is -0.143. The van der Waals surface area contributed by atoms with Crippen LogP contribution in [0.4, 0.5) is 0 Å². The fraction of sp³-hybridized carbons (Fsp3) is 0.900. The first kappa shape index (κ1) is 9.93. The monoisotopic (exact) mass is 198 g/mol. The number of nitrogens with two attached hydrogens (primary N) is 1. The van der Waals surface area contributed by atoms with Gasteiger partial charge in [-0.05, 0) is 38.1 Å². The van der Waals surface area contributed by atoms with Gasteiger partial charge in [-0.25, -0.2) is 0 Å². The number of hydrogen-bond acceptors (Lipinski definition) is 3. The molecule has 1 saturated carbocycles. The van der Waals surface area contributed by atoms with Gasteiger partial charge < -0.3 is 15.7 Å². The molecule has 0 radical (unpaired) electrons. The van der Waals surface area contributed by atoms with E-state index in [-0.39, 0.29) is 0 Å². The van der Waals surface area contributed by atoms with Crippen LogP contribution in [-0.2, 0) is 4.79 Å². The maximum atomic E-state index is 10.8. The fourth-order valence-electron chi connectivity index (χ4n) is 2.33. The molecular formula is C10H18N2O2. The predicted molar refractivity (Wildman–Crippen MR) is 52.9 cm³/mol. The second-order valence-corrected chi connectivity index (χ2v) is 5.00. The van der Waals surface area contributed by atoms with E-state index >= 15 is 0 Å². The van der Waals surface area contributed by atoms with Crippen LogP contribution in [0, 0.1) is 11.8 Å². The molecule has 4 nitrogen and oxygen atoms in total. The SMILES string of the molecule is CC(N)(CN1CCC2CC2C1)C(=O)O. The number of carboxylic acids is 1. The Bertz CT molecular complexity index is 253. The smallest absolute Gasteiger partial charge is 0.324 e. The summed E-state index contributed by atoms with van der Waals surface area (Å²) in [6, 6.07) is 0. The number of aliphatic carboxylic acids is 1. The maximum Gasteiger partial charge on any atom is 0.324 e. The van der Waals surface area contributed by atoms with E-state index in [1.165, 1.54) is 12.8 Å². The van der Waals surface area contributed by atoms with Crippen molar-refractivity contribution in [2.75, 3.05) is 19.6 Å². The molecule has 2 rings (SSSR count). The number of rotatable bonds is 3. The highest BCUT2D eigenvalue weighted by molar-refractivity contribution is 5.78. The minimum absolute atomic E-state index is 0.478. The average molecular weight is 198 g/mol. The number of hydrogen-bond donors (Lipinski definition) is 2. The standard InChI is InChI=1S/C10H18N2O2/c1-10(11,9(13)14)6-12-3-2-7-4-8(7)5-12/h7-8H,2-6,11H2,1H3,(H,13,14). The number of nitrogens with zero attached hydrogens (tertiary/aromatic N) is 1. The summed E-state index contributed by atoms with van der Waals surface area (Å²) in [5, 5.41) is 8.90. The van der Waals surface area contributed by atoms with Gasteiger partial charge in [0.2, 0.25) is 0 Å². The lowest BCUT2D eigenvalue weighted by Gasteiger charge is -2.31. The summed E-state index contributed by atoms with van der Waals surface area (Å²) in [6.45, 7) is 4.13. The molecule has 1 aliphatic heterocycles. The molecule has 0 amide bonds. The summed E-state index contributed by atoms with van der Waals surface area (Å²) in [5.74, 6) is 0.851. The van der Waals surface area contributed by atoms with Crippen molar-refractivity contribution in [3.8, 4) is 0 Å². The molecule has 2 aliphatic rings. The lowest BCUT2D eigenvalue weighted by atomic mass is 10.0. The molecule has 3 atom stereocenters. The summed E-state index contributed by atoms with van der Waals surface area (Å²) in [6.07, 6.45) is 2.56. The molecule has 1 heterocycles. The Morgan fingerprint density at radius 3 is 2.93 bits per heavy atom. The molecular weight excluding hydrogens is 180 g/mol. The van der Waals surface area contributed by atoms with Crippen molar-refractivity contribution >= 4 is 5.97 Å². The quantitative estimate of drug-likeness (QED) is 0.676. The highest BCUT2D eigenvalue weighted by atomic mass is 16.4. The first-order valence-corrected chi connectivity index (χ1v) is 5.23. The van der Waals surface area contributed by atoms with Gasteiger partial charge in [0, 0.05) is 13.1 Å². The van der Waals surface area contributed by atoms with Gasteiger partial charge in [0.25, 0.3) is 0 Å². The van der Waals surface area contributed by atoms with Gasteiger partial charge in [0.15, 0.2) is 0 Å². The molecule has 0 bridgehead atoms. The highest BCUT2D eigenvalue weighted by Crippen LogP contribution is 2.44. The number of carbonyl (C=O) groups is 1. The second-order valence-electron chi connectivity index (χ2n) is 5.00. The Balaban J connectivity index is 1.87. The van der Waals surface area contributed by atoms with Gasteiger partial charge in [-0.1, -0.05) is 0 Å². The number of piperidine rings is 1. The summed E-state index contributed by atoms with van der Waals surface area (Å²) >= 11 is 0. The van der Waals surface area contributed by atoms with Gasteiger partial charge in [-0.15, -0.1) is 0 Å². The fourth-order valence-corrected chi connectivity index (χ4v) is 2.33. The van der Waals surface area contributed by atoms with E-state index in [0.29, 0.717) is 6.54 Å². The first-order valence-electron chi connectivity index (χ1n) is 5.23. The van der Waals surface area contributed by atoms with Gasteiger partial charge in [-0.3, -0.25) is 4.79 Å². The van der Waals surface area contributed by atoms with Crippen LogP contribution in [0.2, 0.25) is 0 Å². The van der Waals surface area contributed by atoms with Crippen molar-refractivity contribution in [1.82, 2.24) is 4.90 Å². The van der Waals surface area contributed by atoms with Crippen LogP contribution >= 0.6 is 0 Å². The Morgan fingerprint density at radius 1 is 1.64 bits per heavy atom. The molecule has 1 aliphatic carbocycles. The predicted octanol–water partition coefficient (Wildman–Crippen LogP) is 0.130. The van der Waals surface area contributed by atoms with E-state index in [9.17, 15) is 4.79 Å². The van der Waals surface area contributed by atoms with Crippen LogP contribution in [-0.4, -0.2) is 41.1 Å². The highest BCUT2D eigenvalue weighted by Gasteiger charge is 2.43. The van der Waals surface area contributed by atoms with E-state index in [2.05, 4.69) is 4.90 Å². The lowest BCUT2D eigenvalue weighted by Crippen LogP contribution is -2.54. The molecule has 0 spiro atoms. The van der Waals surface area contributed by atoms with Crippen molar-refractivity contribution in [3.05, 3.63) is 0 Å². The van der Waals surface area contributed by atoms with E-state index in [1.54, 1.807) is 6.92 Å². The van der Waals surface area contributed by atoms with E-state index in [1.807, 2.05) is 0 Å². The number of fused-ring (bicyclic) bond motifs is 1. The zero-order chi connectivity index (χ0) is 10.3. The molecule has 0 aromatic heterocycles. The third-order valence-electron chi connectivity index (χ3n) is 3.42. The van der Waals surface area contributed by atoms with Crippen molar-refractivity contribution in [2.24, 2.45) is 17.6 Å². The summed E-state index contributed by atoms with van der Waals surface area (Å²) < 4.78 is 0. The van der Waals surface area contributed by atoms with Gasteiger partial charge in [0.1, 0.15) is 5.54 Å². The summed E-state index contributed by atoms with van der Waals surface area (Å²) in [5.41, 5.74) is 4.61. The van der Waals surface area contributed by atoms with Crippen LogP contribution in [0.1, 0.15) is 19.8 Å². The average Bonchev–Trinajstić information content (AvgIpc) is 2.81. The summed E-state index contributed by atoms with van der Waals surface area (Å²) in [4.78, 5) is 13.0. The van der Waals surface area contributed by atoms with E-state index in [0.717, 1.165) is 24.9 Å². The topological polar surface area (TPSA) is 66.6 Å². The van der Waals surface area contributed by atoms with Crippen LogP contribution in [0.3, 0.4) is 0 Å². The molecule has 2 fully saturated rings.